The summed E-state index contributed by atoms with van der Waals surface area (Å²) in [5, 5.41) is 4.36. The molecule has 0 spiro atoms. The van der Waals surface area contributed by atoms with Crippen LogP contribution >= 0.6 is 0 Å². The number of rotatable bonds is 2. The molecule has 0 atom stereocenters. The maximum Gasteiger partial charge on any atom is 0.420 e. The first-order valence-corrected chi connectivity index (χ1v) is 14.5. The Morgan fingerprint density at radius 3 is 2.28 bits per heavy atom. The summed E-state index contributed by atoms with van der Waals surface area (Å²) >= 11 is 0. The van der Waals surface area contributed by atoms with Crippen LogP contribution in [-0.4, -0.2) is 56.1 Å². The quantitative estimate of drug-likeness (QED) is 0.312. The van der Waals surface area contributed by atoms with E-state index in [1.165, 1.54) is 4.90 Å². The number of benzene rings is 1. The molecule has 10 heteroatoms. The monoisotopic (exact) mass is 587 g/mol. The zero-order valence-corrected chi connectivity index (χ0v) is 26.5. The number of pyridine rings is 1. The van der Waals surface area contributed by atoms with Crippen LogP contribution in [0.2, 0.25) is 0 Å². The van der Waals surface area contributed by atoms with E-state index in [1.54, 1.807) is 22.0 Å². The average molecular weight is 588 g/mol. The van der Waals surface area contributed by atoms with Crippen molar-refractivity contribution in [1.29, 1.82) is 0 Å². The highest BCUT2D eigenvalue weighted by atomic mass is 16.6. The normalized spacial score (nSPS) is 16.3. The lowest BCUT2D eigenvalue weighted by molar-refractivity contribution is 0.0270. The molecule has 0 saturated carbocycles. The van der Waals surface area contributed by atoms with E-state index in [9.17, 15) is 9.59 Å². The average Bonchev–Trinajstić information content (AvgIpc) is 3.29. The van der Waals surface area contributed by atoms with Crippen molar-refractivity contribution >= 4 is 29.3 Å². The molecular weight excluding hydrogens is 546 g/mol. The standard InChI is InChI=1S/C33H41N5O5/c1-31(2,3)42-29(39)37-16-13-21(14-17-37)22-10-11-26-25(18-22)38(30(40)43-32(4,5)6)28-27(33(7,8)41-26)24(12-15-34-28)23-19-35-36(9)20-23/h10-13,15,18-20H,14,16-17H2,1-9H3. The van der Waals surface area contributed by atoms with E-state index in [0.717, 1.165) is 27.8 Å². The highest BCUT2D eigenvalue weighted by Gasteiger charge is 2.41. The largest absolute Gasteiger partial charge is 0.481 e. The molecule has 2 aliphatic rings. The second kappa shape index (κ2) is 10.7. The number of carbonyl (C=O) groups is 2. The fourth-order valence-electron chi connectivity index (χ4n) is 5.35. The van der Waals surface area contributed by atoms with Crippen LogP contribution in [0.3, 0.4) is 0 Å². The lowest BCUT2D eigenvalue weighted by atomic mass is 9.91. The third kappa shape index (κ3) is 6.38. The molecule has 2 aromatic heterocycles. The molecule has 0 aliphatic carbocycles. The Labute approximate surface area is 253 Å². The van der Waals surface area contributed by atoms with Gasteiger partial charge in [0.15, 0.2) is 5.82 Å². The van der Waals surface area contributed by atoms with Gasteiger partial charge in [-0.25, -0.2) is 19.5 Å². The molecule has 4 heterocycles. The number of hydrogen-bond donors (Lipinski definition) is 0. The molecule has 2 amide bonds. The van der Waals surface area contributed by atoms with Gasteiger partial charge in [0.05, 0.1) is 11.9 Å². The summed E-state index contributed by atoms with van der Waals surface area (Å²) in [4.78, 5) is 34.6. The van der Waals surface area contributed by atoms with Crippen molar-refractivity contribution in [2.45, 2.75) is 78.6 Å². The Morgan fingerprint density at radius 1 is 0.977 bits per heavy atom. The van der Waals surface area contributed by atoms with E-state index in [4.69, 9.17) is 19.2 Å². The van der Waals surface area contributed by atoms with E-state index in [2.05, 4.69) is 5.10 Å². The van der Waals surface area contributed by atoms with Gasteiger partial charge in [-0.3, -0.25) is 4.68 Å². The maximum atomic E-state index is 14.0. The van der Waals surface area contributed by atoms with Gasteiger partial charge >= 0.3 is 12.2 Å². The molecule has 43 heavy (non-hydrogen) atoms. The Kier molecular flexibility index (Phi) is 7.52. The van der Waals surface area contributed by atoms with Crippen LogP contribution in [0.15, 0.2) is 48.9 Å². The van der Waals surface area contributed by atoms with Gasteiger partial charge in [0.25, 0.3) is 0 Å². The molecule has 0 radical (unpaired) electrons. The van der Waals surface area contributed by atoms with Crippen molar-refractivity contribution < 1.29 is 23.8 Å². The van der Waals surface area contributed by atoms with Crippen molar-refractivity contribution in [2.75, 3.05) is 18.0 Å². The summed E-state index contributed by atoms with van der Waals surface area (Å²) in [6.07, 6.45) is 7.18. The minimum Gasteiger partial charge on any atom is -0.481 e. The molecule has 5 rings (SSSR count). The van der Waals surface area contributed by atoms with Crippen molar-refractivity contribution in [3.63, 3.8) is 0 Å². The molecule has 2 aliphatic heterocycles. The lowest BCUT2D eigenvalue weighted by Crippen LogP contribution is -2.39. The van der Waals surface area contributed by atoms with Crippen molar-refractivity contribution in [3.8, 4) is 16.9 Å². The summed E-state index contributed by atoms with van der Waals surface area (Å²) < 4.78 is 19.9. The predicted octanol–water partition coefficient (Wildman–Crippen LogP) is 7.21. The first-order chi connectivity index (χ1) is 20.0. The number of ether oxygens (including phenoxy) is 3. The van der Waals surface area contributed by atoms with Gasteiger partial charge in [0, 0.05) is 43.7 Å². The third-order valence-electron chi connectivity index (χ3n) is 7.13. The number of aromatic nitrogens is 3. The smallest absolute Gasteiger partial charge is 0.420 e. The van der Waals surface area contributed by atoms with E-state index < -0.39 is 22.9 Å². The number of anilines is 2. The number of hydrogen-bond acceptors (Lipinski definition) is 7. The van der Waals surface area contributed by atoms with Crippen molar-refractivity contribution in [3.05, 3.63) is 60.1 Å². The lowest BCUT2D eigenvalue weighted by Gasteiger charge is -2.30. The molecule has 1 aromatic carbocycles. The van der Waals surface area contributed by atoms with Gasteiger partial charge in [-0.15, -0.1) is 0 Å². The second-order valence-corrected chi connectivity index (χ2v) is 13.5. The molecule has 0 bridgehead atoms. The van der Waals surface area contributed by atoms with Crippen LogP contribution in [0.4, 0.5) is 21.1 Å². The zero-order valence-electron chi connectivity index (χ0n) is 26.5. The molecule has 0 saturated heterocycles. The molecule has 228 valence electrons. The predicted molar refractivity (Wildman–Crippen MR) is 165 cm³/mol. The third-order valence-corrected chi connectivity index (χ3v) is 7.13. The summed E-state index contributed by atoms with van der Waals surface area (Å²) in [6.45, 7) is 16.0. The molecule has 10 nitrogen and oxygen atoms in total. The van der Waals surface area contributed by atoms with Gasteiger partial charge < -0.3 is 19.1 Å². The highest BCUT2D eigenvalue weighted by Crippen LogP contribution is 2.49. The Hall–Kier alpha value is -4.34. The fraction of sp³-hybridized carbons (Fsp3) is 0.455. The Bertz CT molecular complexity index is 1590. The first-order valence-electron chi connectivity index (χ1n) is 14.5. The van der Waals surface area contributed by atoms with Crippen LogP contribution in [0.5, 0.6) is 5.75 Å². The number of carbonyl (C=O) groups excluding carboxylic acids is 2. The molecular formula is C33H41N5O5. The maximum absolute atomic E-state index is 14.0. The van der Waals surface area contributed by atoms with E-state index in [0.29, 0.717) is 36.8 Å². The van der Waals surface area contributed by atoms with Crippen molar-refractivity contribution in [1.82, 2.24) is 19.7 Å². The molecule has 0 N–H and O–H groups in total. The zero-order chi connectivity index (χ0) is 31.3. The number of nitrogens with zero attached hydrogens (tertiary/aromatic N) is 5. The summed E-state index contributed by atoms with van der Waals surface area (Å²) in [7, 11) is 1.86. The van der Waals surface area contributed by atoms with Crippen molar-refractivity contribution in [2.24, 2.45) is 7.05 Å². The van der Waals surface area contributed by atoms with Crippen LogP contribution in [0.1, 0.15) is 72.9 Å². The summed E-state index contributed by atoms with van der Waals surface area (Å²) in [5.41, 5.74) is 2.85. The van der Waals surface area contributed by atoms with E-state index in [-0.39, 0.29) is 6.09 Å². The van der Waals surface area contributed by atoms with Crippen LogP contribution in [0.25, 0.3) is 16.7 Å². The van der Waals surface area contributed by atoms with Gasteiger partial charge in [0.1, 0.15) is 22.6 Å². The van der Waals surface area contributed by atoms with Crippen LogP contribution in [0, 0.1) is 0 Å². The van der Waals surface area contributed by atoms with Gasteiger partial charge in [0.2, 0.25) is 0 Å². The minimum atomic E-state index is -0.861. The summed E-state index contributed by atoms with van der Waals surface area (Å²) in [6, 6.07) is 7.74. The van der Waals surface area contributed by atoms with Gasteiger partial charge in [-0.2, -0.15) is 5.10 Å². The molecule has 0 unspecified atom stereocenters. The van der Waals surface area contributed by atoms with Crippen LogP contribution in [-0.2, 0) is 22.1 Å². The Balaban J connectivity index is 1.60. The molecule has 0 fully saturated rings. The second-order valence-electron chi connectivity index (χ2n) is 13.5. The Morgan fingerprint density at radius 2 is 1.67 bits per heavy atom. The van der Waals surface area contributed by atoms with Gasteiger partial charge in [-0.05, 0) is 96.7 Å². The minimum absolute atomic E-state index is 0.330. The summed E-state index contributed by atoms with van der Waals surface area (Å²) in [5.74, 6) is 0.965. The van der Waals surface area contributed by atoms with Crippen LogP contribution < -0.4 is 9.64 Å². The topological polar surface area (TPSA) is 99.0 Å². The number of aryl methyl sites for hydroxylation is 1. The van der Waals surface area contributed by atoms with Gasteiger partial charge in [-0.1, -0.05) is 12.1 Å². The fourth-order valence-corrected chi connectivity index (χ4v) is 5.35. The number of fused-ring (bicyclic) bond motifs is 2. The number of amides is 2. The first kappa shape index (κ1) is 30.1. The van der Waals surface area contributed by atoms with E-state index in [1.807, 2.05) is 99.0 Å². The SMILES string of the molecule is Cn1cc(-c2ccnc3c2C(C)(C)Oc2ccc(C4=CCN(C(=O)OC(C)(C)C)CC4)cc2N3C(=O)OC(C)(C)C)cn1. The molecule has 3 aromatic rings. The van der Waals surface area contributed by atoms with E-state index >= 15 is 0 Å². The highest BCUT2D eigenvalue weighted by molar-refractivity contribution is 6.00.